The highest BCUT2D eigenvalue weighted by Crippen LogP contribution is 2.21. The van der Waals surface area contributed by atoms with Crippen LogP contribution < -0.4 is 10.1 Å². The third-order valence-corrected chi connectivity index (χ3v) is 3.90. The van der Waals surface area contributed by atoms with E-state index in [0.717, 1.165) is 5.56 Å². The molecule has 0 bridgehead atoms. The van der Waals surface area contributed by atoms with Gasteiger partial charge in [0.05, 0.1) is 12.7 Å². The summed E-state index contributed by atoms with van der Waals surface area (Å²) >= 11 is 0. The Morgan fingerprint density at radius 1 is 1.27 bits per heavy atom. The van der Waals surface area contributed by atoms with Gasteiger partial charge in [0.25, 0.3) is 5.91 Å². The molecule has 1 aromatic heterocycles. The fraction of sp³-hybridized carbons (Fsp3) is 0.389. The number of amides is 1. The van der Waals surface area contributed by atoms with Gasteiger partial charge in [0, 0.05) is 24.0 Å². The summed E-state index contributed by atoms with van der Waals surface area (Å²) in [6, 6.07) is 9.80. The molecule has 0 saturated heterocycles. The number of aryl methyl sites for hydroxylation is 1. The number of rotatable bonds is 5. The Labute approximate surface area is 132 Å². The molecule has 4 heteroatoms. The first-order valence-electron chi connectivity index (χ1n) is 7.54. The molecule has 0 saturated carbocycles. The number of nitrogens with zero attached hydrogens (tertiary/aromatic N) is 1. The van der Waals surface area contributed by atoms with Crippen molar-refractivity contribution in [2.45, 2.75) is 40.3 Å². The number of methoxy groups -OCH3 is 1. The zero-order valence-corrected chi connectivity index (χ0v) is 13.9. The number of benzene rings is 1. The molecule has 1 N–H and O–H groups in total. The first kappa shape index (κ1) is 16.1. The number of aromatic nitrogens is 1. The average molecular weight is 300 g/mol. The first-order chi connectivity index (χ1) is 10.5. The standard InChI is InChI=1S/C18H24N2O2/c1-12(2)20-13(3)10-15(14(20)4)11-19-18(21)16-8-6-7-9-17(16)22-5/h6-10,12H,11H2,1-5H3,(H,19,21). The summed E-state index contributed by atoms with van der Waals surface area (Å²) in [6.45, 7) is 9.04. The molecule has 1 aromatic carbocycles. The summed E-state index contributed by atoms with van der Waals surface area (Å²) in [7, 11) is 1.57. The zero-order valence-electron chi connectivity index (χ0n) is 13.9. The topological polar surface area (TPSA) is 43.3 Å². The van der Waals surface area contributed by atoms with Gasteiger partial charge >= 0.3 is 0 Å². The van der Waals surface area contributed by atoms with Gasteiger partial charge < -0.3 is 14.6 Å². The molecule has 1 amide bonds. The first-order valence-corrected chi connectivity index (χ1v) is 7.54. The minimum Gasteiger partial charge on any atom is -0.496 e. The van der Waals surface area contributed by atoms with Gasteiger partial charge in [0.1, 0.15) is 5.75 Å². The molecule has 0 fully saturated rings. The summed E-state index contributed by atoms with van der Waals surface area (Å²) in [5.41, 5.74) is 4.12. The van der Waals surface area contributed by atoms with Crippen molar-refractivity contribution in [1.29, 1.82) is 0 Å². The normalized spacial score (nSPS) is 10.8. The van der Waals surface area contributed by atoms with Gasteiger partial charge in [-0.3, -0.25) is 4.79 Å². The van der Waals surface area contributed by atoms with Crippen LogP contribution in [0.1, 0.15) is 47.2 Å². The fourth-order valence-corrected chi connectivity index (χ4v) is 2.92. The predicted molar refractivity (Wildman–Crippen MR) is 88.5 cm³/mol. The van der Waals surface area contributed by atoms with Crippen LogP contribution >= 0.6 is 0 Å². The van der Waals surface area contributed by atoms with Crippen molar-refractivity contribution in [3.8, 4) is 5.75 Å². The highest BCUT2D eigenvalue weighted by Gasteiger charge is 2.14. The third-order valence-electron chi connectivity index (χ3n) is 3.90. The van der Waals surface area contributed by atoms with Gasteiger partial charge in [-0.05, 0) is 51.5 Å². The van der Waals surface area contributed by atoms with E-state index in [1.807, 2.05) is 12.1 Å². The van der Waals surface area contributed by atoms with Crippen LogP contribution in [0.25, 0.3) is 0 Å². The van der Waals surface area contributed by atoms with Crippen LogP contribution in [0.5, 0.6) is 5.75 Å². The van der Waals surface area contributed by atoms with Crippen molar-refractivity contribution >= 4 is 5.91 Å². The summed E-state index contributed by atoms with van der Waals surface area (Å²) < 4.78 is 7.51. The molecule has 2 aromatic rings. The van der Waals surface area contributed by atoms with Crippen LogP contribution in [-0.2, 0) is 6.54 Å². The second kappa shape index (κ2) is 6.69. The van der Waals surface area contributed by atoms with E-state index in [2.05, 4.69) is 43.6 Å². The largest absolute Gasteiger partial charge is 0.496 e. The van der Waals surface area contributed by atoms with Crippen molar-refractivity contribution in [3.05, 3.63) is 52.8 Å². The van der Waals surface area contributed by atoms with Crippen LogP contribution in [0, 0.1) is 13.8 Å². The van der Waals surface area contributed by atoms with E-state index in [4.69, 9.17) is 4.74 Å². The second-order valence-electron chi connectivity index (χ2n) is 5.74. The molecule has 0 atom stereocenters. The van der Waals surface area contributed by atoms with Crippen molar-refractivity contribution in [1.82, 2.24) is 9.88 Å². The number of ether oxygens (including phenoxy) is 1. The number of hydrogen-bond donors (Lipinski definition) is 1. The number of carbonyl (C=O) groups excluding carboxylic acids is 1. The van der Waals surface area contributed by atoms with Crippen molar-refractivity contribution in [3.63, 3.8) is 0 Å². The molecular weight excluding hydrogens is 276 g/mol. The molecule has 118 valence electrons. The van der Waals surface area contributed by atoms with Gasteiger partial charge in [-0.1, -0.05) is 12.1 Å². The van der Waals surface area contributed by atoms with Crippen LogP contribution in [0.4, 0.5) is 0 Å². The Hall–Kier alpha value is -2.23. The second-order valence-corrected chi connectivity index (χ2v) is 5.74. The van der Waals surface area contributed by atoms with E-state index in [1.54, 1.807) is 19.2 Å². The van der Waals surface area contributed by atoms with E-state index < -0.39 is 0 Å². The Morgan fingerprint density at radius 2 is 1.95 bits per heavy atom. The molecule has 0 aliphatic heterocycles. The highest BCUT2D eigenvalue weighted by molar-refractivity contribution is 5.96. The number of nitrogens with one attached hydrogen (secondary N) is 1. The molecule has 0 spiro atoms. The Balaban J connectivity index is 2.14. The smallest absolute Gasteiger partial charge is 0.255 e. The van der Waals surface area contributed by atoms with Gasteiger partial charge in [-0.15, -0.1) is 0 Å². The lowest BCUT2D eigenvalue weighted by molar-refractivity contribution is 0.0948. The van der Waals surface area contributed by atoms with Crippen LogP contribution in [0.3, 0.4) is 0 Å². The Kier molecular flexibility index (Phi) is 4.91. The minimum absolute atomic E-state index is 0.119. The van der Waals surface area contributed by atoms with Gasteiger partial charge in [-0.2, -0.15) is 0 Å². The molecule has 2 rings (SSSR count). The van der Waals surface area contributed by atoms with Crippen molar-refractivity contribution in [2.75, 3.05) is 7.11 Å². The lowest BCUT2D eigenvalue weighted by atomic mass is 10.1. The molecule has 0 aliphatic carbocycles. The number of hydrogen-bond acceptors (Lipinski definition) is 2. The average Bonchev–Trinajstić information content (AvgIpc) is 2.78. The minimum atomic E-state index is -0.119. The molecule has 0 radical (unpaired) electrons. The monoisotopic (exact) mass is 300 g/mol. The molecule has 1 heterocycles. The van der Waals surface area contributed by atoms with E-state index in [1.165, 1.54) is 11.4 Å². The Morgan fingerprint density at radius 3 is 2.55 bits per heavy atom. The van der Waals surface area contributed by atoms with Gasteiger partial charge in [0.15, 0.2) is 0 Å². The third kappa shape index (κ3) is 3.16. The van der Waals surface area contributed by atoms with E-state index in [-0.39, 0.29) is 5.91 Å². The van der Waals surface area contributed by atoms with Crippen molar-refractivity contribution < 1.29 is 9.53 Å². The molecule has 4 nitrogen and oxygen atoms in total. The quantitative estimate of drug-likeness (QED) is 0.916. The van der Waals surface area contributed by atoms with Crippen molar-refractivity contribution in [2.24, 2.45) is 0 Å². The summed E-state index contributed by atoms with van der Waals surface area (Å²) in [5, 5.41) is 2.98. The number of para-hydroxylation sites is 1. The predicted octanol–water partition coefficient (Wildman–Crippen LogP) is 3.62. The lowest BCUT2D eigenvalue weighted by Gasteiger charge is -2.14. The maximum atomic E-state index is 12.3. The lowest BCUT2D eigenvalue weighted by Crippen LogP contribution is -2.23. The molecular formula is C18H24N2O2. The van der Waals surface area contributed by atoms with Crippen LogP contribution in [-0.4, -0.2) is 17.6 Å². The van der Waals surface area contributed by atoms with E-state index in [0.29, 0.717) is 23.9 Å². The Bertz CT molecular complexity index is 672. The zero-order chi connectivity index (χ0) is 16.3. The molecule has 0 aliphatic rings. The number of carbonyl (C=O) groups is 1. The fourth-order valence-electron chi connectivity index (χ4n) is 2.92. The summed E-state index contributed by atoms with van der Waals surface area (Å²) in [6.07, 6.45) is 0. The van der Waals surface area contributed by atoms with Gasteiger partial charge in [0.2, 0.25) is 0 Å². The van der Waals surface area contributed by atoms with E-state index >= 15 is 0 Å². The highest BCUT2D eigenvalue weighted by atomic mass is 16.5. The van der Waals surface area contributed by atoms with E-state index in [9.17, 15) is 4.79 Å². The van der Waals surface area contributed by atoms with Gasteiger partial charge in [-0.25, -0.2) is 0 Å². The van der Waals surface area contributed by atoms with Crippen LogP contribution in [0.2, 0.25) is 0 Å². The molecule has 22 heavy (non-hydrogen) atoms. The summed E-state index contributed by atoms with van der Waals surface area (Å²) in [5.74, 6) is 0.472. The molecule has 0 unspecified atom stereocenters. The van der Waals surface area contributed by atoms with Crippen LogP contribution in [0.15, 0.2) is 30.3 Å². The SMILES string of the molecule is COc1ccccc1C(=O)NCc1cc(C)n(C(C)C)c1C. The maximum Gasteiger partial charge on any atom is 0.255 e. The maximum absolute atomic E-state index is 12.3. The summed E-state index contributed by atoms with van der Waals surface area (Å²) in [4.78, 5) is 12.3.